The first-order valence-electron chi connectivity index (χ1n) is 26.9. The lowest BCUT2D eigenvalue weighted by Gasteiger charge is -2.19. The fraction of sp³-hybridized carbons (Fsp3) is 0.278. The maximum Gasteiger partial charge on any atom is -0.0103 e. The Kier molecular flexibility index (Phi) is 24.8. The lowest BCUT2D eigenvalue weighted by molar-refractivity contribution is 0.723. The molecule has 0 spiro atoms. The Morgan fingerprint density at radius 3 is 1.53 bits per heavy atom. The molecular formula is C72H86. The van der Waals surface area contributed by atoms with Crippen LogP contribution in [-0.2, 0) is 6.42 Å². The summed E-state index contributed by atoms with van der Waals surface area (Å²) in [6.45, 7) is 35.4. The molecule has 0 aromatic heterocycles. The molecular weight excluding hydrogens is 865 g/mol. The minimum Gasteiger partial charge on any atom is -0.0952 e. The van der Waals surface area contributed by atoms with E-state index in [9.17, 15) is 0 Å². The van der Waals surface area contributed by atoms with Gasteiger partial charge >= 0.3 is 0 Å². The fourth-order valence-corrected chi connectivity index (χ4v) is 8.42. The molecule has 0 saturated carbocycles. The predicted octanol–water partition coefficient (Wildman–Crippen LogP) is 22.2. The molecule has 0 amide bonds. The minimum atomic E-state index is 0.709. The Morgan fingerprint density at radius 1 is 0.472 bits per heavy atom. The zero-order valence-corrected chi connectivity index (χ0v) is 46.3. The van der Waals surface area contributed by atoms with Crippen molar-refractivity contribution in [2.24, 2.45) is 0 Å². The van der Waals surface area contributed by atoms with Crippen LogP contribution in [0.15, 0.2) is 207 Å². The van der Waals surface area contributed by atoms with Gasteiger partial charge in [-0.15, -0.1) is 0 Å². The zero-order valence-electron chi connectivity index (χ0n) is 46.3. The van der Waals surface area contributed by atoms with Gasteiger partial charge in [-0.25, -0.2) is 0 Å². The smallest absolute Gasteiger partial charge is 0.0103 e. The molecule has 0 N–H and O–H groups in total. The monoisotopic (exact) mass is 951 g/mol. The number of aryl methyl sites for hydroxylation is 2. The van der Waals surface area contributed by atoms with Crippen molar-refractivity contribution in [2.45, 2.75) is 134 Å². The molecule has 7 rings (SSSR count). The van der Waals surface area contributed by atoms with Gasteiger partial charge in [0.05, 0.1) is 0 Å². The van der Waals surface area contributed by atoms with E-state index in [0.29, 0.717) is 5.92 Å². The van der Waals surface area contributed by atoms with Crippen LogP contribution in [0, 0.1) is 6.92 Å². The number of allylic oxidation sites excluding steroid dienone is 7. The standard InChI is InChI=1S/C52H48.C12H18.2C4H10/c1-8-37(4)49-27-15-16-28-50(49)52(36(2)3)51-35-47(30-29-38(51)5)45-25-17-23-43(33-45)44-24-18-26-46(34-44)48(31-39(6)41-19-11-9-12-20-41)32-40(7)42-21-13-10-14-22-42;1-4-10(3)12-9-7-6-8-11(12)5-2;2*1-3-4-2/h9-35H,4,6,8H2,1-3,5,7H3;6-10H,4-5H2,1-3H3;2*3-4H2,1-2H3/b40-32+,48-31+;;;. The second-order valence-corrected chi connectivity index (χ2v) is 19.1. The van der Waals surface area contributed by atoms with E-state index in [2.05, 4.69) is 278 Å². The van der Waals surface area contributed by atoms with Crippen molar-refractivity contribution in [3.05, 3.63) is 257 Å². The third kappa shape index (κ3) is 16.9. The van der Waals surface area contributed by atoms with E-state index in [-0.39, 0.29) is 0 Å². The number of rotatable bonds is 16. The van der Waals surface area contributed by atoms with Crippen molar-refractivity contribution in [3.63, 3.8) is 0 Å². The molecule has 1 unspecified atom stereocenters. The molecule has 0 aliphatic carbocycles. The third-order valence-corrected chi connectivity index (χ3v) is 13.4. The van der Waals surface area contributed by atoms with Crippen molar-refractivity contribution in [2.75, 3.05) is 0 Å². The highest BCUT2D eigenvalue weighted by atomic mass is 14.2. The van der Waals surface area contributed by atoms with Crippen LogP contribution in [-0.4, -0.2) is 0 Å². The van der Waals surface area contributed by atoms with Crippen LogP contribution in [0.1, 0.15) is 171 Å². The van der Waals surface area contributed by atoms with Gasteiger partial charge in [-0.3, -0.25) is 0 Å². The van der Waals surface area contributed by atoms with Gasteiger partial charge in [0, 0.05) is 0 Å². The summed E-state index contributed by atoms with van der Waals surface area (Å²) in [5.41, 5.74) is 23.3. The molecule has 0 fully saturated rings. The average Bonchev–Trinajstić information content (AvgIpc) is 3.43. The lowest BCUT2D eigenvalue weighted by Crippen LogP contribution is -1.99. The summed E-state index contributed by atoms with van der Waals surface area (Å²) >= 11 is 0. The van der Waals surface area contributed by atoms with Crippen LogP contribution < -0.4 is 0 Å². The van der Waals surface area contributed by atoms with Crippen LogP contribution in [0.2, 0.25) is 0 Å². The zero-order chi connectivity index (χ0) is 52.4. The van der Waals surface area contributed by atoms with E-state index in [1.807, 2.05) is 6.07 Å². The second-order valence-electron chi connectivity index (χ2n) is 19.1. The van der Waals surface area contributed by atoms with Crippen molar-refractivity contribution < 1.29 is 0 Å². The van der Waals surface area contributed by atoms with Gasteiger partial charge in [-0.2, -0.15) is 0 Å². The van der Waals surface area contributed by atoms with Gasteiger partial charge in [0.1, 0.15) is 0 Å². The Balaban J connectivity index is 0.000000471. The maximum absolute atomic E-state index is 4.46. The van der Waals surface area contributed by atoms with Gasteiger partial charge in [-0.1, -0.05) is 264 Å². The first-order valence-corrected chi connectivity index (χ1v) is 26.9. The largest absolute Gasteiger partial charge is 0.0952 e. The Morgan fingerprint density at radius 2 is 0.972 bits per heavy atom. The molecule has 7 aromatic carbocycles. The van der Waals surface area contributed by atoms with Gasteiger partial charge in [0.25, 0.3) is 0 Å². The van der Waals surface area contributed by atoms with E-state index >= 15 is 0 Å². The Hall–Kier alpha value is -6.76. The Bertz CT molecular complexity index is 2850. The predicted molar refractivity (Wildman–Crippen MR) is 324 cm³/mol. The molecule has 374 valence electrons. The normalized spacial score (nSPS) is 11.4. The maximum atomic E-state index is 4.46. The van der Waals surface area contributed by atoms with Gasteiger partial charge in [0.2, 0.25) is 0 Å². The molecule has 72 heavy (non-hydrogen) atoms. The van der Waals surface area contributed by atoms with E-state index in [4.69, 9.17) is 0 Å². The number of hydrogen-bond acceptors (Lipinski definition) is 0. The van der Waals surface area contributed by atoms with Gasteiger partial charge in [-0.05, 0) is 177 Å². The van der Waals surface area contributed by atoms with Crippen molar-refractivity contribution in [3.8, 4) is 22.3 Å². The van der Waals surface area contributed by atoms with Gasteiger partial charge < -0.3 is 0 Å². The van der Waals surface area contributed by atoms with Crippen LogP contribution in [0.5, 0.6) is 0 Å². The van der Waals surface area contributed by atoms with E-state index in [1.54, 1.807) is 0 Å². The van der Waals surface area contributed by atoms with E-state index < -0.39 is 0 Å². The van der Waals surface area contributed by atoms with Crippen molar-refractivity contribution >= 4 is 27.9 Å². The molecule has 1 atom stereocenters. The number of benzene rings is 7. The Labute approximate surface area is 438 Å². The van der Waals surface area contributed by atoms with Crippen molar-refractivity contribution in [1.29, 1.82) is 0 Å². The highest BCUT2D eigenvalue weighted by Gasteiger charge is 2.16. The molecule has 0 radical (unpaired) electrons. The number of hydrogen-bond donors (Lipinski definition) is 0. The van der Waals surface area contributed by atoms with Crippen LogP contribution in [0.3, 0.4) is 0 Å². The molecule has 0 aliphatic heterocycles. The highest BCUT2D eigenvalue weighted by Crippen LogP contribution is 2.38. The summed E-state index contributed by atoms with van der Waals surface area (Å²) < 4.78 is 0. The molecule has 0 heterocycles. The highest BCUT2D eigenvalue weighted by molar-refractivity contribution is 5.93. The fourth-order valence-electron chi connectivity index (χ4n) is 8.42. The number of unbranched alkanes of at least 4 members (excludes halogenated alkanes) is 2. The SMILES string of the molecule is C=C(/C=C(\C=C(/C)c1ccccc1)c1cccc(-c2cccc(-c3ccc(C)c(C(=C(C)C)c4ccccc4C(=C)CC)c3)c2)c1)c1ccccc1.CCCC.CCCC.CCc1ccccc1C(C)CC. The average molecular weight is 951 g/mol. The summed E-state index contributed by atoms with van der Waals surface area (Å²) in [6.07, 6.45) is 13.1. The lowest BCUT2D eigenvalue weighted by atomic mass is 9.85. The van der Waals surface area contributed by atoms with Crippen LogP contribution in [0.4, 0.5) is 0 Å². The molecule has 0 aliphatic rings. The summed E-state index contributed by atoms with van der Waals surface area (Å²) in [6, 6.07) is 63.1. The quantitative estimate of drug-likeness (QED) is 0.0847. The summed E-state index contributed by atoms with van der Waals surface area (Å²) in [7, 11) is 0. The summed E-state index contributed by atoms with van der Waals surface area (Å²) in [5.74, 6) is 0.709. The van der Waals surface area contributed by atoms with Gasteiger partial charge in [0.15, 0.2) is 0 Å². The molecule has 0 bridgehead atoms. The molecule has 0 nitrogen and oxygen atoms in total. The van der Waals surface area contributed by atoms with Crippen LogP contribution >= 0.6 is 0 Å². The van der Waals surface area contributed by atoms with Crippen molar-refractivity contribution in [1.82, 2.24) is 0 Å². The van der Waals surface area contributed by atoms with Crippen LogP contribution in [0.25, 0.3) is 50.1 Å². The first-order chi connectivity index (χ1) is 34.8. The minimum absolute atomic E-state index is 0.709. The molecule has 0 saturated heterocycles. The first kappa shape index (κ1) is 57.8. The van der Waals surface area contributed by atoms with E-state index in [0.717, 1.165) is 40.7 Å². The molecule has 7 aromatic rings. The third-order valence-electron chi connectivity index (χ3n) is 13.4. The summed E-state index contributed by atoms with van der Waals surface area (Å²) in [5, 5.41) is 0. The topological polar surface area (TPSA) is 0 Å². The summed E-state index contributed by atoms with van der Waals surface area (Å²) in [4.78, 5) is 0. The second kappa shape index (κ2) is 30.9. The van der Waals surface area contributed by atoms with E-state index in [1.165, 1.54) is 110 Å². The molecule has 0 heteroatoms.